The number of hydrogen-bond acceptors (Lipinski definition) is 0. The van der Waals surface area contributed by atoms with Crippen LogP contribution in [0.1, 0.15) is 25.0 Å². The zero-order chi connectivity index (χ0) is 13.6. The van der Waals surface area contributed by atoms with Crippen LogP contribution in [0.3, 0.4) is 0 Å². The lowest BCUT2D eigenvalue weighted by atomic mass is 10.1. The van der Waals surface area contributed by atoms with E-state index >= 15 is 0 Å². The van der Waals surface area contributed by atoms with Gasteiger partial charge in [0.15, 0.2) is 0 Å². The quantitative estimate of drug-likeness (QED) is 0.469. The van der Waals surface area contributed by atoms with Crippen LogP contribution in [0.4, 0.5) is 8.78 Å². The van der Waals surface area contributed by atoms with Crippen molar-refractivity contribution in [1.82, 2.24) is 0 Å². The molecule has 0 amide bonds. The van der Waals surface area contributed by atoms with E-state index in [4.69, 9.17) is 0 Å². The van der Waals surface area contributed by atoms with Crippen LogP contribution in [-0.4, -0.2) is 23.3 Å². The Morgan fingerprint density at radius 3 is 2.00 bits per heavy atom. The van der Waals surface area contributed by atoms with Gasteiger partial charge in [-0.25, -0.2) is 8.78 Å². The summed E-state index contributed by atoms with van der Waals surface area (Å²) in [5.41, 5.74) is -0.601. The van der Waals surface area contributed by atoms with Gasteiger partial charge in [-0.05, 0) is 37.8 Å². The largest absolute Gasteiger partial charge is 0.268 e. The molecule has 0 aliphatic rings. The first-order valence-electron chi connectivity index (χ1n) is 6.30. The van der Waals surface area contributed by atoms with Gasteiger partial charge >= 0.3 is 0 Å². The van der Waals surface area contributed by atoms with Crippen molar-refractivity contribution in [2.24, 2.45) is 0 Å². The van der Waals surface area contributed by atoms with Gasteiger partial charge in [0, 0.05) is 11.8 Å². The van der Waals surface area contributed by atoms with Crippen LogP contribution in [-0.2, 0) is 12.8 Å². The van der Waals surface area contributed by atoms with Crippen LogP contribution < -0.4 is 0 Å². The second kappa shape index (κ2) is 7.55. The Morgan fingerprint density at radius 1 is 1.06 bits per heavy atom. The lowest BCUT2D eigenvalue weighted by Crippen LogP contribution is -2.19. The third-order valence-corrected chi connectivity index (χ3v) is 6.06. The highest BCUT2D eigenvalue weighted by molar-refractivity contribution is 9.09. The van der Waals surface area contributed by atoms with E-state index in [0.717, 1.165) is 17.3 Å². The summed E-state index contributed by atoms with van der Waals surface area (Å²) in [7, 11) is -1.18. The smallest absolute Gasteiger partial charge is 0.202 e. The summed E-state index contributed by atoms with van der Waals surface area (Å²) in [6, 6.07) is 7.58. The highest BCUT2D eigenvalue weighted by Crippen LogP contribution is 2.52. The second-order valence-electron chi connectivity index (χ2n) is 4.27. The Balaban J connectivity index is 2.71. The van der Waals surface area contributed by atoms with Gasteiger partial charge in [-0.15, -0.1) is 0 Å². The lowest BCUT2D eigenvalue weighted by molar-refractivity contribution is 0.0984. The predicted molar refractivity (Wildman–Crippen MR) is 80.6 cm³/mol. The van der Waals surface area contributed by atoms with E-state index < -0.39 is 13.6 Å². The molecule has 0 bridgehead atoms. The van der Waals surface area contributed by atoms with E-state index in [1.54, 1.807) is 0 Å². The van der Waals surface area contributed by atoms with Crippen molar-refractivity contribution in [3.8, 4) is 0 Å². The Kier molecular flexibility index (Phi) is 6.73. The molecule has 1 rings (SSSR count). The van der Waals surface area contributed by atoms with Gasteiger partial charge in [0.05, 0.1) is 0 Å². The molecular weight excluding hydrogens is 317 g/mol. The van der Waals surface area contributed by atoms with Gasteiger partial charge in [0.25, 0.3) is 5.66 Å². The summed E-state index contributed by atoms with van der Waals surface area (Å²) in [4.78, 5) is 0. The number of aryl methyl sites for hydroxylation is 1. The third kappa shape index (κ3) is 4.59. The van der Waals surface area contributed by atoms with Gasteiger partial charge in [-0.3, -0.25) is 0 Å². The fraction of sp³-hybridized carbons (Fsp3) is 0.571. The molecule has 0 atom stereocenters. The SMILES string of the molecule is CCP(CC)C(F)(F)Cc1ccc(CCBr)cc1. The lowest BCUT2D eigenvalue weighted by Gasteiger charge is -2.25. The molecule has 0 heterocycles. The van der Waals surface area contributed by atoms with Crippen molar-refractivity contribution < 1.29 is 8.78 Å². The standard InChI is InChI=1S/C14H20BrF2P/c1-3-18(4-2)14(16,17)11-13-7-5-12(6-8-13)9-10-15/h5-8H,3-4,9-11H2,1-2H3. The van der Waals surface area contributed by atoms with Crippen LogP contribution in [0.15, 0.2) is 24.3 Å². The molecule has 0 N–H and O–H groups in total. The molecule has 0 aliphatic heterocycles. The number of alkyl halides is 3. The monoisotopic (exact) mass is 336 g/mol. The molecule has 0 radical (unpaired) electrons. The molecule has 0 saturated heterocycles. The molecule has 102 valence electrons. The average Bonchev–Trinajstić information content (AvgIpc) is 2.33. The van der Waals surface area contributed by atoms with E-state index in [0.29, 0.717) is 12.3 Å². The summed E-state index contributed by atoms with van der Waals surface area (Å²) in [6.07, 6.45) is 2.02. The molecule has 18 heavy (non-hydrogen) atoms. The molecule has 1 aromatic rings. The highest BCUT2D eigenvalue weighted by atomic mass is 79.9. The van der Waals surface area contributed by atoms with Gasteiger partial charge in [-0.2, -0.15) is 0 Å². The molecule has 0 aromatic heterocycles. The van der Waals surface area contributed by atoms with Gasteiger partial charge in [-0.1, -0.05) is 54.0 Å². The van der Waals surface area contributed by atoms with Crippen LogP contribution >= 0.6 is 23.9 Å². The van der Waals surface area contributed by atoms with Crippen LogP contribution in [0, 0.1) is 0 Å². The minimum absolute atomic E-state index is 0.116. The van der Waals surface area contributed by atoms with E-state index in [1.165, 1.54) is 5.56 Å². The zero-order valence-electron chi connectivity index (χ0n) is 10.9. The molecule has 0 unspecified atom stereocenters. The highest BCUT2D eigenvalue weighted by Gasteiger charge is 2.36. The minimum Gasteiger partial charge on any atom is -0.202 e. The van der Waals surface area contributed by atoms with Crippen molar-refractivity contribution in [2.75, 3.05) is 17.7 Å². The summed E-state index contributed by atoms with van der Waals surface area (Å²) >= 11 is 3.37. The summed E-state index contributed by atoms with van der Waals surface area (Å²) in [6.45, 7) is 3.73. The van der Waals surface area contributed by atoms with Crippen molar-refractivity contribution >= 4 is 23.9 Å². The van der Waals surface area contributed by atoms with Crippen molar-refractivity contribution in [3.05, 3.63) is 35.4 Å². The molecule has 0 saturated carbocycles. The van der Waals surface area contributed by atoms with Crippen molar-refractivity contribution in [2.45, 2.75) is 32.4 Å². The first kappa shape index (κ1) is 16.0. The summed E-state index contributed by atoms with van der Waals surface area (Å²) in [5, 5.41) is 0.902. The molecule has 4 heteroatoms. The molecule has 0 aliphatic carbocycles. The number of hydrogen-bond donors (Lipinski definition) is 0. The Morgan fingerprint density at radius 2 is 1.56 bits per heavy atom. The molecule has 1 aromatic carbocycles. The maximum atomic E-state index is 14.0. The fourth-order valence-electron chi connectivity index (χ4n) is 1.98. The Labute approximate surface area is 118 Å². The third-order valence-electron chi connectivity index (χ3n) is 3.05. The molecular formula is C14H20BrF2P. The predicted octanol–water partition coefficient (Wildman–Crippen LogP) is 5.28. The second-order valence-corrected chi connectivity index (χ2v) is 8.06. The molecule has 0 nitrogen and oxygen atoms in total. The van der Waals surface area contributed by atoms with Gasteiger partial charge < -0.3 is 0 Å². The minimum atomic E-state index is -2.53. The van der Waals surface area contributed by atoms with Crippen LogP contribution in [0.5, 0.6) is 0 Å². The Bertz CT molecular complexity index is 347. The number of benzene rings is 1. The van der Waals surface area contributed by atoms with Crippen LogP contribution in [0.2, 0.25) is 0 Å². The topological polar surface area (TPSA) is 0 Å². The van der Waals surface area contributed by atoms with Crippen LogP contribution in [0.25, 0.3) is 0 Å². The van der Waals surface area contributed by atoms with Crippen molar-refractivity contribution in [3.63, 3.8) is 0 Å². The normalized spacial score (nSPS) is 12.1. The fourth-order valence-corrected chi connectivity index (χ4v) is 4.21. The summed E-state index contributed by atoms with van der Waals surface area (Å²) < 4.78 is 28.1. The maximum Gasteiger partial charge on any atom is 0.268 e. The zero-order valence-corrected chi connectivity index (χ0v) is 13.4. The van der Waals surface area contributed by atoms with Gasteiger partial charge in [0.2, 0.25) is 0 Å². The van der Waals surface area contributed by atoms with Crippen molar-refractivity contribution in [1.29, 1.82) is 0 Å². The average molecular weight is 337 g/mol. The molecule has 0 fully saturated rings. The van der Waals surface area contributed by atoms with E-state index in [-0.39, 0.29) is 6.42 Å². The first-order chi connectivity index (χ1) is 8.53. The maximum absolute atomic E-state index is 14.0. The first-order valence-corrected chi connectivity index (χ1v) is 9.13. The molecule has 0 spiro atoms. The number of rotatable bonds is 7. The number of halogens is 3. The van der Waals surface area contributed by atoms with Gasteiger partial charge in [0.1, 0.15) is 0 Å². The van der Waals surface area contributed by atoms with E-state index in [1.807, 2.05) is 38.1 Å². The van der Waals surface area contributed by atoms with E-state index in [2.05, 4.69) is 15.9 Å². The Hall–Kier alpha value is -0.0100. The summed E-state index contributed by atoms with van der Waals surface area (Å²) in [5.74, 6) is 0. The van der Waals surface area contributed by atoms with E-state index in [9.17, 15) is 8.78 Å².